The van der Waals surface area contributed by atoms with Crippen LogP contribution in [0.1, 0.15) is 24.2 Å². The van der Waals surface area contributed by atoms with Gasteiger partial charge in [0, 0.05) is 26.7 Å². The first-order chi connectivity index (χ1) is 12.6. The smallest absolute Gasteiger partial charge is 0.257 e. The number of methoxy groups -OCH3 is 1. The molecule has 27 heavy (non-hydrogen) atoms. The van der Waals surface area contributed by atoms with Gasteiger partial charge in [-0.2, -0.15) is 0 Å². The summed E-state index contributed by atoms with van der Waals surface area (Å²) in [6.07, 6.45) is 0.945. The van der Waals surface area contributed by atoms with E-state index in [2.05, 4.69) is 29.7 Å². The zero-order valence-corrected chi connectivity index (χ0v) is 16.9. The molecule has 2 rings (SSSR count). The van der Waals surface area contributed by atoms with Gasteiger partial charge >= 0.3 is 0 Å². The molecular formula is C21H29ClN2O3. The van der Waals surface area contributed by atoms with Crippen LogP contribution in [-0.4, -0.2) is 39.3 Å². The number of nitrogens with one attached hydrogen (secondary N) is 2. The second-order valence-electron chi connectivity index (χ2n) is 6.25. The van der Waals surface area contributed by atoms with Gasteiger partial charge in [-0.3, -0.25) is 4.79 Å². The maximum absolute atomic E-state index is 11.2. The van der Waals surface area contributed by atoms with Gasteiger partial charge in [0.1, 0.15) is 5.75 Å². The van der Waals surface area contributed by atoms with Crippen molar-refractivity contribution in [1.29, 1.82) is 0 Å². The highest BCUT2D eigenvalue weighted by Gasteiger charge is 2.12. The maximum atomic E-state index is 11.2. The molecule has 2 aromatic carbocycles. The Hall–Kier alpha value is -2.08. The van der Waals surface area contributed by atoms with Crippen molar-refractivity contribution >= 4 is 18.3 Å². The molecule has 2 atom stereocenters. The van der Waals surface area contributed by atoms with Crippen LogP contribution in [0.15, 0.2) is 54.6 Å². The molecule has 0 radical (unpaired) electrons. The highest BCUT2D eigenvalue weighted by molar-refractivity contribution is 5.85. The van der Waals surface area contributed by atoms with Crippen molar-refractivity contribution in [3.05, 3.63) is 65.7 Å². The zero-order chi connectivity index (χ0) is 18.8. The number of hydrogen-bond acceptors (Lipinski definition) is 4. The molecule has 0 saturated carbocycles. The number of ether oxygens (including phenoxy) is 2. The van der Waals surface area contributed by atoms with Crippen molar-refractivity contribution in [1.82, 2.24) is 10.6 Å². The van der Waals surface area contributed by atoms with Gasteiger partial charge in [0.15, 0.2) is 6.61 Å². The first kappa shape index (κ1) is 23.0. The number of hydrogen-bond donors (Lipinski definition) is 2. The molecule has 0 aliphatic carbocycles. The number of rotatable bonds is 10. The average Bonchev–Trinajstić information content (AvgIpc) is 2.68. The molecule has 2 N–H and O–H groups in total. The van der Waals surface area contributed by atoms with Crippen molar-refractivity contribution in [3.8, 4) is 5.75 Å². The molecule has 0 aromatic heterocycles. The Balaban J connectivity index is 0.00000364. The maximum Gasteiger partial charge on any atom is 0.257 e. The summed E-state index contributed by atoms with van der Waals surface area (Å²) in [7, 11) is 3.33. The van der Waals surface area contributed by atoms with Gasteiger partial charge in [-0.05, 0) is 36.6 Å². The average molecular weight is 393 g/mol. The number of benzene rings is 2. The summed E-state index contributed by atoms with van der Waals surface area (Å²) in [6.45, 7) is 2.95. The quantitative estimate of drug-likeness (QED) is 0.652. The second kappa shape index (κ2) is 12.3. The van der Waals surface area contributed by atoms with Crippen LogP contribution in [0.4, 0.5) is 0 Å². The Labute approximate surface area is 167 Å². The fourth-order valence-electron chi connectivity index (χ4n) is 2.68. The van der Waals surface area contributed by atoms with Gasteiger partial charge in [-0.25, -0.2) is 0 Å². The molecule has 0 saturated heterocycles. The Morgan fingerprint density at radius 1 is 1.07 bits per heavy atom. The van der Waals surface area contributed by atoms with Gasteiger partial charge in [-0.1, -0.05) is 42.5 Å². The molecule has 0 aliphatic rings. The highest BCUT2D eigenvalue weighted by atomic mass is 35.5. The molecule has 2 aromatic rings. The minimum atomic E-state index is -0.141. The Kier molecular flexibility index (Phi) is 10.5. The topological polar surface area (TPSA) is 59.6 Å². The minimum absolute atomic E-state index is 0. The SMILES string of the molecule is CNC(=O)COc1ccc(CC(C)NCC(OC)c2ccccc2)cc1.Cl. The van der Waals surface area contributed by atoms with Crippen LogP contribution in [0.2, 0.25) is 0 Å². The van der Waals surface area contributed by atoms with Crippen LogP contribution in [0.3, 0.4) is 0 Å². The third-order valence-corrected chi connectivity index (χ3v) is 4.22. The van der Waals surface area contributed by atoms with Gasteiger partial charge in [0.05, 0.1) is 6.10 Å². The fourth-order valence-corrected chi connectivity index (χ4v) is 2.68. The van der Waals surface area contributed by atoms with E-state index in [4.69, 9.17) is 9.47 Å². The van der Waals surface area contributed by atoms with Gasteiger partial charge < -0.3 is 20.1 Å². The van der Waals surface area contributed by atoms with E-state index >= 15 is 0 Å². The molecule has 0 fully saturated rings. The van der Waals surface area contributed by atoms with E-state index in [1.807, 2.05) is 42.5 Å². The largest absolute Gasteiger partial charge is 0.484 e. The Morgan fingerprint density at radius 2 is 1.74 bits per heavy atom. The lowest BCUT2D eigenvalue weighted by Crippen LogP contribution is -2.32. The molecule has 2 unspecified atom stereocenters. The fraction of sp³-hybridized carbons (Fsp3) is 0.381. The normalized spacial score (nSPS) is 12.6. The van der Waals surface area contributed by atoms with Gasteiger partial charge in [-0.15, -0.1) is 12.4 Å². The summed E-state index contributed by atoms with van der Waals surface area (Å²) in [6, 6.07) is 18.4. The first-order valence-electron chi connectivity index (χ1n) is 8.85. The Morgan fingerprint density at radius 3 is 2.33 bits per heavy atom. The lowest BCUT2D eigenvalue weighted by Gasteiger charge is -2.20. The summed E-state index contributed by atoms with van der Waals surface area (Å²) in [5.74, 6) is 0.555. The molecule has 0 bridgehead atoms. The molecule has 0 spiro atoms. The first-order valence-corrected chi connectivity index (χ1v) is 8.85. The summed E-state index contributed by atoms with van der Waals surface area (Å²) < 4.78 is 11.0. The highest BCUT2D eigenvalue weighted by Crippen LogP contribution is 2.16. The zero-order valence-electron chi connectivity index (χ0n) is 16.1. The molecular weight excluding hydrogens is 364 g/mol. The van der Waals surface area contributed by atoms with E-state index in [0.717, 1.165) is 13.0 Å². The van der Waals surface area contributed by atoms with E-state index < -0.39 is 0 Å². The van der Waals surface area contributed by atoms with E-state index in [1.165, 1.54) is 11.1 Å². The van der Waals surface area contributed by atoms with E-state index in [1.54, 1.807) is 14.2 Å². The number of carbonyl (C=O) groups is 1. The molecule has 0 heterocycles. The molecule has 6 heteroatoms. The van der Waals surface area contributed by atoms with Gasteiger partial charge in [0.25, 0.3) is 5.91 Å². The molecule has 0 aliphatic heterocycles. The summed E-state index contributed by atoms with van der Waals surface area (Å²) in [5, 5.41) is 6.06. The standard InChI is InChI=1S/C21H28N2O3.ClH/c1-16(23-14-20(25-3)18-7-5-4-6-8-18)13-17-9-11-19(12-10-17)26-15-21(24)22-2;/h4-12,16,20,23H,13-15H2,1-3H3,(H,22,24);1H. The van der Waals surface area contributed by atoms with Crippen molar-refractivity contribution < 1.29 is 14.3 Å². The molecule has 5 nitrogen and oxygen atoms in total. The van der Waals surface area contributed by atoms with Crippen LogP contribution in [0.25, 0.3) is 0 Å². The van der Waals surface area contributed by atoms with Crippen LogP contribution in [0.5, 0.6) is 5.75 Å². The number of amides is 1. The minimum Gasteiger partial charge on any atom is -0.484 e. The third-order valence-electron chi connectivity index (χ3n) is 4.22. The third kappa shape index (κ3) is 7.99. The predicted octanol–water partition coefficient (Wildman–Crippen LogP) is 3.14. The summed E-state index contributed by atoms with van der Waals surface area (Å²) in [4.78, 5) is 11.2. The van der Waals surface area contributed by atoms with Crippen molar-refractivity contribution in [2.24, 2.45) is 0 Å². The van der Waals surface area contributed by atoms with Crippen molar-refractivity contribution in [2.45, 2.75) is 25.5 Å². The van der Waals surface area contributed by atoms with E-state index in [0.29, 0.717) is 11.8 Å². The molecule has 148 valence electrons. The van der Waals surface area contributed by atoms with E-state index in [9.17, 15) is 4.79 Å². The number of carbonyl (C=O) groups excluding carboxylic acids is 1. The lowest BCUT2D eigenvalue weighted by atomic mass is 10.1. The predicted molar refractivity (Wildman–Crippen MR) is 111 cm³/mol. The summed E-state index contributed by atoms with van der Waals surface area (Å²) >= 11 is 0. The van der Waals surface area contributed by atoms with Crippen molar-refractivity contribution in [3.63, 3.8) is 0 Å². The second-order valence-corrected chi connectivity index (χ2v) is 6.25. The molecule has 1 amide bonds. The van der Waals surface area contributed by atoms with Crippen molar-refractivity contribution in [2.75, 3.05) is 27.3 Å². The lowest BCUT2D eigenvalue weighted by molar-refractivity contribution is -0.122. The van der Waals surface area contributed by atoms with Crippen LogP contribution in [0, 0.1) is 0 Å². The van der Waals surface area contributed by atoms with Gasteiger partial charge in [0.2, 0.25) is 0 Å². The summed E-state index contributed by atoms with van der Waals surface area (Å²) in [5.41, 5.74) is 2.39. The monoisotopic (exact) mass is 392 g/mol. The van der Waals surface area contributed by atoms with Crippen LogP contribution in [-0.2, 0) is 16.0 Å². The Bertz CT molecular complexity index is 665. The van der Waals surface area contributed by atoms with Crippen LogP contribution >= 0.6 is 12.4 Å². The number of halogens is 1. The number of likely N-dealkylation sites (N-methyl/N-ethyl adjacent to an activating group) is 1. The van der Waals surface area contributed by atoms with E-state index in [-0.39, 0.29) is 31.0 Å². The van der Waals surface area contributed by atoms with Crippen LogP contribution < -0.4 is 15.4 Å².